The van der Waals surface area contributed by atoms with Crippen molar-refractivity contribution in [2.75, 3.05) is 10.0 Å². The maximum atomic E-state index is 12.5. The molecule has 10 heteroatoms. The lowest BCUT2D eigenvalue weighted by atomic mass is 10.3. The Morgan fingerprint density at radius 3 is 2.67 bits per heavy atom. The van der Waals surface area contributed by atoms with Gasteiger partial charge in [0.15, 0.2) is 15.8 Å². The molecule has 0 bridgehead atoms. The smallest absolute Gasteiger partial charge is 0.267 e. The third kappa shape index (κ3) is 3.10. The number of aryl methyl sites for hydroxylation is 2. The predicted molar refractivity (Wildman–Crippen MR) is 90.7 cm³/mol. The first-order chi connectivity index (χ1) is 11.3. The van der Waals surface area contributed by atoms with Gasteiger partial charge in [-0.2, -0.15) is 0 Å². The van der Waals surface area contributed by atoms with E-state index in [-0.39, 0.29) is 16.6 Å². The van der Waals surface area contributed by atoms with Gasteiger partial charge in [-0.1, -0.05) is 16.5 Å². The van der Waals surface area contributed by atoms with E-state index in [0.29, 0.717) is 22.0 Å². The summed E-state index contributed by atoms with van der Waals surface area (Å²) in [6.45, 7) is 4.51. The van der Waals surface area contributed by atoms with Crippen LogP contribution in [0.4, 0.5) is 10.8 Å². The van der Waals surface area contributed by atoms with Crippen molar-refractivity contribution in [3.8, 4) is 0 Å². The Balaban J connectivity index is 1.94. The molecule has 0 saturated heterocycles. The second-order valence-corrected chi connectivity index (χ2v) is 7.79. The number of fused-ring (bicyclic) bond motifs is 1. The van der Waals surface area contributed by atoms with Crippen LogP contribution in [0.15, 0.2) is 27.6 Å². The maximum Gasteiger partial charge on any atom is 0.267 e. The topological polar surface area (TPSA) is 114 Å². The van der Waals surface area contributed by atoms with Crippen LogP contribution in [-0.4, -0.2) is 24.5 Å². The number of hydrogen-bond acceptors (Lipinski definition) is 7. The van der Waals surface area contributed by atoms with Gasteiger partial charge in [0, 0.05) is 6.92 Å². The predicted octanol–water partition coefficient (Wildman–Crippen LogP) is 2.66. The summed E-state index contributed by atoms with van der Waals surface area (Å²) >= 11 is 1.26. The number of anilines is 2. The Morgan fingerprint density at radius 1 is 1.29 bits per heavy atom. The number of carbonyl (C=O) groups excluding carboxylic acids is 1. The van der Waals surface area contributed by atoms with Crippen LogP contribution >= 0.6 is 11.3 Å². The minimum absolute atomic E-state index is 0.0332. The van der Waals surface area contributed by atoms with Gasteiger partial charge in [-0.25, -0.2) is 13.4 Å². The molecule has 1 amide bonds. The normalized spacial score (nSPS) is 11.6. The molecule has 0 aliphatic heterocycles. The molecule has 0 aliphatic carbocycles. The molecule has 2 aromatic heterocycles. The third-order valence-corrected chi connectivity index (χ3v) is 5.72. The molecule has 0 spiro atoms. The van der Waals surface area contributed by atoms with E-state index in [2.05, 4.69) is 20.2 Å². The Bertz CT molecular complexity index is 1020. The first kappa shape index (κ1) is 16.4. The molecule has 3 aromatic rings. The number of benzene rings is 1. The summed E-state index contributed by atoms with van der Waals surface area (Å²) in [5.41, 5.74) is 1.36. The lowest BCUT2D eigenvalue weighted by Gasteiger charge is -2.07. The second kappa shape index (κ2) is 5.87. The van der Waals surface area contributed by atoms with Gasteiger partial charge in [0.25, 0.3) is 10.0 Å². The fourth-order valence-electron chi connectivity index (χ4n) is 2.26. The molecule has 8 nitrogen and oxygen atoms in total. The third-order valence-electron chi connectivity index (χ3n) is 3.16. The molecule has 126 valence electrons. The summed E-state index contributed by atoms with van der Waals surface area (Å²) in [5, 5.41) is 6.73. The Hall–Kier alpha value is -2.46. The molecule has 24 heavy (non-hydrogen) atoms. The zero-order valence-electron chi connectivity index (χ0n) is 13.1. The van der Waals surface area contributed by atoms with Gasteiger partial charge < -0.3 is 9.84 Å². The van der Waals surface area contributed by atoms with E-state index < -0.39 is 10.0 Å². The highest BCUT2D eigenvalue weighted by molar-refractivity contribution is 7.92. The molecular formula is C14H14N4O4S2. The lowest BCUT2D eigenvalue weighted by Crippen LogP contribution is -2.14. The van der Waals surface area contributed by atoms with E-state index in [1.165, 1.54) is 18.3 Å². The number of carbonyl (C=O) groups is 1. The fourth-order valence-corrected chi connectivity index (χ4v) is 4.59. The van der Waals surface area contributed by atoms with Crippen LogP contribution in [0.5, 0.6) is 0 Å². The highest BCUT2D eigenvalue weighted by Gasteiger charge is 2.24. The van der Waals surface area contributed by atoms with Gasteiger partial charge in [0.2, 0.25) is 5.91 Å². The summed E-state index contributed by atoms with van der Waals surface area (Å²) in [4.78, 5) is 15.4. The van der Waals surface area contributed by atoms with Gasteiger partial charge in [0.1, 0.15) is 5.69 Å². The van der Waals surface area contributed by atoms with Gasteiger partial charge in [-0.15, -0.1) is 0 Å². The largest absolute Gasteiger partial charge is 0.360 e. The van der Waals surface area contributed by atoms with E-state index >= 15 is 0 Å². The van der Waals surface area contributed by atoms with Crippen molar-refractivity contribution >= 4 is 48.3 Å². The van der Waals surface area contributed by atoms with Crippen molar-refractivity contribution in [3.63, 3.8) is 0 Å². The van der Waals surface area contributed by atoms with Crippen molar-refractivity contribution in [2.24, 2.45) is 0 Å². The fraction of sp³-hybridized carbons (Fsp3) is 0.214. The van der Waals surface area contributed by atoms with Crippen molar-refractivity contribution < 1.29 is 17.7 Å². The van der Waals surface area contributed by atoms with Gasteiger partial charge >= 0.3 is 0 Å². The first-order valence-electron chi connectivity index (χ1n) is 6.90. The van der Waals surface area contributed by atoms with Crippen LogP contribution in [-0.2, 0) is 14.8 Å². The maximum absolute atomic E-state index is 12.5. The molecule has 1 aromatic carbocycles. The summed E-state index contributed by atoms with van der Waals surface area (Å²) in [6, 6.07) is 4.95. The quantitative estimate of drug-likeness (QED) is 0.734. The number of sulfonamides is 1. The van der Waals surface area contributed by atoms with Gasteiger partial charge in [-0.05, 0) is 32.0 Å². The van der Waals surface area contributed by atoms with E-state index in [0.717, 1.165) is 4.70 Å². The van der Waals surface area contributed by atoms with Crippen molar-refractivity contribution in [2.45, 2.75) is 25.7 Å². The van der Waals surface area contributed by atoms with Crippen LogP contribution in [0.1, 0.15) is 18.4 Å². The highest BCUT2D eigenvalue weighted by atomic mass is 32.2. The van der Waals surface area contributed by atoms with E-state index in [1.54, 1.807) is 32.0 Å². The molecule has 0 radical (unpaired) electrons. The van der Waals surface area contributed by atoms with Gasteiger partial charge in [-0.3, -0.25) is 9.52 Å². The van der Waals surface area contributed by atoms with E-state index in [1.807, 2.05) is 0 Å². The van der Waals surface area contributed by atoms with Crippen LogP contribution in [0.3, 0.4) is 0 Å². The van der Waals surface area contributed by atoms with Crippen molar-refractivity contribution in [1.29, 1.82) is 0 Å². The summed E-state index contributed by atoms with van der Waals surface area (Å²) < 4.78 is 33.2. The number of nitrogens with one attached hydrogen (secondary N) is 2. The second-order valence-electron chi connectivity index (χ2n) is 5.14. The molecular weight excluding hydrogens is 352 g/mol. The minimum Gasteiger partial charge on any atom is -0.360 e. The number of amides is 1. The van der Waals surface area contributed by atoms with Crippen molar-refractivity contribution in [1.82, 2.24) is 10.1 Å². The molecule has 0 atom stereocenters. The zero-order chi connectivity index (χ0) is 17.5. The van der Waals surface area contributed by atoms with Crippen LogP contribution in [0.2, 0.25) is 0 Å². The highest BCUT2D eigenvalue weighted by Crippen LogP contribution is 2.30. The molecule has 0 aliphatic rings. The number of thiazole rings is 1. The first-order valence-corrected chi connectivity index (χ1v) is 9.20. The summed E-state index contributed by atoms with van der Waals surface area (Å²) in [6.07, 6.45) is 0. The summed E-state index contributed by atoms with van der Waals surface area (Å²) in [7, 11) is -3.80. The Kier molecular flexibility index (Phi) is 4.01. The average molecular weight is 366 g/mol. The SMILES string of the molecule is CC(=O)Nc1nc2ccc(NS(=O)(=O)c3c(C)noc3C)cc2s1. The van der Waals surface area contributed by atoms with Crippen LogP contribution < -0.4 is 10.0 Å². The zero-order valence-corrected chi connectivity index (χ0v) is 14.7. The molecule has 0 saturated carbocycles. The number of rotatable bonds is 4. The van der Waals surface area contributed by atoms with E-state index in [9.17, 15) is 13.2 Å². The number of aromatic nitrogens is 2. The molecule has 0 fully saturated rings. The van der Waals surface area contributed by atoms with Crippen LogP contribution in [0.25, 0.3) is 10.2 Å². The molecule has 2 heterocycles. The van der Waals surface area contributed by atoms with Crippen molar-refractivity contribution in [3.05, 3.63) is 29.7 Å². The Morgan fingerprint density at radius 2 is 2.04 bits per heavy atom. The van der Waals surface area contributed by atoms with Gasteiger partial charge in [0.05, 0.1) is 15.9 Å². The lowest BCUT2D eigenvalue weighted by molar-refractivity contribution is -0.114. The summed E-state index contributed by atoms with van der Waals surface area (Å²) in [5.74, 6) is 0.0141. The van der Waals surface area contributed by atoms with Crippen LogP contribution in [0, 0.1) is 13.8 Å². The minimum atomic E-state index is -3.80. The molecule has 3 rings (SSSR count). The Labute approximate surface area is 141 Å². The average Bonchev–Trinajstić information content (AvgIpc) is 3.00. The molecule has 0 unspecified atom stereocenters. The number of nitrogens with zero attached hydrogens (tertiary/aromatic N) is 2. The monoisotopic (exact) mass is 366 g/mol. The van der Waals surface area contributed by atoms with E-state index in [4.69, 9.17) is 4.52 Å². The number of hydrogen-bond donors (Lipinski definition) is 2. The standard InChI is InChI=1S/C14H14N4O4S2/c1-7-13(8(2)22-17-7)24(20,21)18-10-4-5-11-12(6-10)23-14(16-11)15-9(3)19/h4-6,18H,1-3H3,(H,15,16,19). The molecule has 2 N–H and O–H groups in total.